The highest BCUT2D eigenvalue weighted by atomic mass is 16.5. The van der Waals surface area contributed by atoms with Gasteiger partial charge in [0.2, 0.25) is 0 Å². The van der Waals surface area contributed by atoms with Gasteiger partial charge in [-0.2, -0.15) is 0 Å². The van der Waals surface area contributed by atoms with E-state index in [-0.39, 0.29) is 0 Å². The number of methoxy groups -OCH3 is 1. The predicted octanol–water partition coefficient (Wildman–Crippen LogP) is 1.68. The number of benzene rings is 1. The molecule has 1 heterocycles. The lowest BCUT2D eigenvalue weighted by Gasteiger charge is -2.22. The van der Waals surface area contributed by atoms with Crippen LogP contribution in [0.5, 0.6) is 0 Å². The van der Waals surface area contributed by atoms with E-state index in [4.69, 9.17) is 9.47 Å². The summed E-state index contributed by atoms with van der Waals surface area (Å²) in [6.07, 6.45) is 2.04. The lowest BCUT2D eigenvalue weighted by molar-refractivity contribution is 0.0698. The monoisotopic (exact) mass is 291 g/mol. The Morgan fingerprint density at radius 1 is 1.29 bits per heavy atom. The van der Waals surface area contributed by atoms with Gasteiger partial charge in [0.1, 0.15) is 0 Å². The van der Waals surface area contributed by atoms with E-state index in [2.05, 4.69) is 39.5 Å². The highest BCUT2D eigenvalue weighted by Crippen LogP contribution is 2.27. The Hall–Kier alpha value is -1.59. The first-order valence-electron chi connectivity index (χ1n) is 7.49. The number of rotatable bonds is 7. The van der Waals surface area contributed by atoms with Gasteiger partial charge < -0.3 is 19.7 Å². The predicted molar refractivity (Wildman–Crippen MR) is 86.2 cm³/mol. The van der Waals surface area contributed by atoms with Crippen molar-refractivity contribution in [3.05, 3.63) is 29.8 Å². The Balaban J connectivity index is 1.75. The van der Waals surface area contributed by atoms with Gasteiger partial charge in [0.25, 0.3) is 0 Å². The van der Waals surface area contributed by atoms with Gasteiger partial charge in [-0.1, -0.05) is 18.2 Å². The van der Waals surface area contributed by atoms with Crippen molar-refractivity contribution >= 4 is 11.6 Å². The van der Waals surface area contributed by atoms with Crippen molar-refractivity contribution in [1.29, 1.82) is 0 Å². The Labute approximate surface area is 127 Å². The molecule has 0 aliphatic carbocycles. The highest BCUT2D eigenvalue weighted by molar-refractivity contribution is 5.97. The molecule has 0 saturated heterocycles. The molecule has 0 atom stereocenters. The Morgan fingerprint density at radius 3 is 2.95 bits per heavy atom. The topological polar surface area (TPSA) is 46.1 Å². The number of aliphatic imine (C=N–C) groups is 1. The fourth-order valence-electron chi connectivity index (χ4n) is 2.47. The molecule has 1 aliphatic rings. The zero-order valence-electron chi connectivity index (χ0n) is 13.0. The molecule has 0 aromatic heterocycles. The molecule has 1 N–H and O–H groups in total. The van der Waals surface area contributed by atoms with E-state index in [0.29, 0.717) is 13.2 Å². The quantitative estimate of drug-likeness (QED) is 0.472. The van der Waals surface area contributed by atoms with Crippen LogP contribution in [0.1, 0.15) is 12.0 Å². The van der Waals surface area contributed by atoms with Crippen molar-refractivity contribution in [2.45, 2.75) is 12.8 Å². The van der Waals surface area contributed by atoms with Crippen LogP contribution in [0.3, 0.4) is 0 Å². The number of anilines is 1. The lowest BCUT2D eigenvalue weighted by Crippen LogP contribution is -2.41. The molecule has 0 fully saturated rings. The summed E-state index contributed by atoms with van der Waals surface area (Å²) in [4.78, 5) is 6.64. The molecule has 5 nitrogen and oxygen atoms in total. The van der Waals surface area contributed by atoms with Crippen LogP contribution in [0, 0.1) is 0 Å². The summed E-state index contributed by atoms with van der Waals surface area (Å²) >= 11 is 0. The van der Waals surface area contributed by atoms with Gasteiger partial charge in [0.15, 0.2) is 5.96 Å². The van der Waals surface area contributed by atoms with Gasteiger partial charge in [-0.05, 0) is 24.5 Å². The molecule has 0 bridgehead atoms. The second-order valence-corrected chi connectivity index (χ2v) is 4.96. The molecule has 0 saturated carbocycles. The van der Waals surface area contributed by atoms with E-state index >= 15 is 0 Å². The number of hydrogen-bond donors (Lipinski definition) is 1. The van der Waals surface area contributed by atoms with Crippen LogP contribution in [-0.4, -0.2) is 53.0 Å². The number of para-hydroxylation sites is 1. The molecule has 116 valence electrons. The zero-order chi connectivity index (χ0) is 14.9. The molecule has 21 heavy (non-hydrogen) atoms. The van der Waals surface area contributed by atoms with E-state index < -0.39 is 0 Å². The van der Waals surface area contributed by atoms with Crippen LogP contribution in [0.15, 0.2) is 29.3 Å². The minimum atomic E-state index is 0.652. The highest BCUT2D eigenvalue weighted by Gasteiger charge is 2.21. The first-order chi connectivity index (χ1) is 10.4. The Kier molecular flexibility index (Phi) is 6.50. The van der Waals surface area contributed by atoms with E-state index in [1.807, 2.05) is 7.05 Å². The van der Waals surface area contributed by atoms with Crippen LogP contribution < -0.4 is 10.2 Å². The Morgan fingerprint density at radius 2 is 2.14 bits per heavy atom. The molecule has 0 radical (unpaired) electrons. The van der Waals surface area contributed by atoms with Gasteiger partial charge >= 0.3 is 0 Å². The van der Waals surface area contributed by atoms with Gasteiger partial charge in [-0.3, -0.25) is 4.99 Å². The maximum absolute atomic E-state index is 5.45. The molecule has 1 aromatic carbocycles. The standard InChI is InChI=1S/C16H25N3O2/c1-17-16(18-9-5-11-21-13-12-20-2)19-10-8-14-6-3-4-7-15(14)19/h3-4,6-7H,5,8-13H2,1-2H3,(H,17,18). The normalized spacial score (nSPS) is 14.4. The van der Waals surface area contributed by atoms with E-state index in [9.17, 15) is 0 Å². The van der Waals surface area contributed by atoms with Crippen LogP contribution >= 0.6 is 0 Å². The average molecular weight is 291 g/mol. The summed E-state index contributed by atoms with van der Waals surface area (Å²) in [5.41, 5.74) is 2.66. The fraction of sp³-hybridized carbons (Fsp3) is 0.562. The third-order valence-corrected chi connectivity index (χ3v) is 3.53. The lowest BCUT2D eigenvalue weighted by atomic mass is 10.2. The SMILES string of the molecule is CN=C(NCCCOCCOC)N1CCc2ccccc21. The third kappa shape index (κ3) is 4.44. The van der Waals surface area contributed by atoms with Crippen molar-refractivity contribution in [2.75, 3.05) is 52.0 Å². The van der Waals surface area contributed by atoms with E-state index in [0.717, 1.165) is 38.5 Å². The maximum atomic E-state index is 5.45. The second-order valence-electron chi connectivity index (χ2n) is 4.96. The number of fused-ring (bicyclic) bond motifs is 1. The van der Waals surface area contributed by atoms with Crippen LogP contribution in [0.4, 0.5) is 5.69 Å². The van der Waals surface area contributed by atoms with Crippen molar-refractivity contribution in [3.8, 4) is 0 Å². The van der Waals surface area contributed by atoms with Crippen LogP contribution in [0.25, 0.3) is 0 Å². The second kappa shape index (κ2) is 8.64. The zero-order valence-corrected chi connectivity index (χ0v) is 13.0. The number of guanidine groups is 1. The van der Waals surface area contributed by atoms with Gasteiger partial charge in [0.05, 0.1) is 13.2 Å². The van der Waals surface area contributed by atoms with Crippen molar-refractivity contribution in [2.24, 2.45) is 4.99 Å². The minimum absolute atomic E-state index is 0.652. The van der Waals surface area contributed by atoms with E-state index in [1.54, 1.807) is 7.11 Å². The number of nitrogens with one attached hydrogen (secondary N) is 1. The maximum Gasteiger partial charge on any atom is 0.198 e. The molecular formula is C16H25N3O2. The first-order valence-corrected chi connectivity index (χ1v) is 7.49. The van der Waals surface area contributed by atoms with Gasteiger partial charge in [0, 0.05) is 39.5 Å². The summed E-state index contributed by atoms with van der Waals surface area (Å²) in [6, 6.07) is 8.51. The minimum Gasteiger partial charge on any atom is -0.382 e. The number of ether oxygens (including phenoxy) is 2. The average Bonchev–Trinajstić information content (AvgIpc) is 2.94. The molecule has 0 amide bonds. The largest absolute Gasteiger partial charge is 0.382 e. The molecule has 0 spiro atoms. The number of nitrogens with zero attached hydrogens (tertiary/aromatic N) is 2. The smallest absolute Gasteiger partial charge is 0.198 e. The molecule has 2 rings (SSSR count). The summed E-state index contributed by atoms with van der Waals surface area (Å²) in [5.74, 6) is 0.942. The first kappa shape index (κ1) is 15.8. The van der Waals surface area contributed by atoms with Gasteiger partial charge in [-0.25, -0.2) is 0 Å². The van der Waals surface area contributed by atoms with Gasteiger partial charge in [-0.15, -0.1) is 0 Å². The fourth-order valence-corrected chi connectivity index (χ4v) is 2.47. The summed E-state index contributed by atoms with van der Waals surface area (Å²) in [5, 5.41) is 3.41. The Bertz CT molecular complexity index is 463. The van der Waals surface area contributed by atoms with Crippen molar-refractivity contribution < 1.29 is 9.47 Å². The van der Waals surface area contributed by atoms with E-state index in [1.165, 1.54) is 11.3 Å². The molecule has 1 aromatic rings. The van der Waals surface area contributed by atoms with Crippen LogP contribution in [0.2, 0.25) is 0 Å². The molecular weight excluding hydrogens is 266 g/mol. The molecule has 1 aliphatic heterocycles. The van der Waals surface area contributed by atoms with Crippen molar-refractivity contribution in [3.63, 3.8) is 0 Å². The van der Waals surface area contributed by atoms with Crippen LogP contribution in [-0.2, 0) is 15.9 Å². The summed E-state index contributed by atoms with van der Waals surface area (Å²) in [6.45, 7) is 3.90. The molecule has 0 unspecified atom stereocenters. The summed E-state index contributed by atoms with van der Waals surface area (Å²) in [7, 11) is 3.52. The van der Waals surface area contributed by atoms with Crippen molar-refractivity contribution in [1.82, 2.24) is 5.32 Å². The molecule has 5 heteroatoms. The third-order valence-electron chi connectivity index (χ3n) is 3.53. The summed E-state index contributed by atoms with van der Waals surface area (Å²) < 4.78 is 10.4. The number of hydrogen-bond acceptors (Lipinski definition) is 3.